The van der Waals surface area contributed by atoms with Crippen molar-refractivity contribution < 1.29 is 0 Å². The number of fused-ring (bicyclic) bond motifs is 1. The summed E-state index contributed by atoms with van der Waals surface area (Å²) in [6.45, 7) is 0.733. The monoisotopic (exact) mass is 376 g/mol. The van der Waals surface area contributed by atoms with E-state index in [0.29, 0.717) is 0 Å². The van der Waals surface area contributed by atoms with Crippen molar-refractivity contribution in [3.8, 4) is 11.3 Å². The van der Waals surface area contributed by atoms with E-state index in [4.69, 9.17) is 17.3 Å². The van der Waals surface area contributed by atoms with Crippen molar-refractivity contribution in [2.45, 2.75) is 19.3 Å². The normalized spacial score (nSPS) is 11.2. The fourth-order valence-electron chi connectivity index (χ4n) is 2.81. The highest BCUT2D eigenvalue weighted by molar-refractivity contribution is 9.10. The van der Waals surface area contributed by atoms with Crippen LogP contribution in [0.25, 0.3) is 22.2 Å². The number of aryl methyl sites for hydroxylation is 1. The van der Waals surface area contributed by atoms with Crippen LogP contribution in [-0.2, 0) is 6.42 Å². The highest BCUT2D eigenvalue weighted by Crippen LogP contribution is 2.35. The zero-order valence-corrected chi connectivity index (χ0v) is 14.5. The molecule has 2 nitrogen and oxygen atoms in total. The van der Waals surface area contributed by atoms with Gasteiger partial charge in [-0.1, -0.05) is 51.8 Å². The number of rotatable bonds is 5. The number of benzene rings is 2. The Bertz CT molecular complexity index is 778. The van der Waals surface area contributed by atoms with Crippen molar-refractivity contribution in [2.75, 3.05) is 6.54 Å². The van der Waals surface area contributed by atoms with Crippen LogP contribution in [0.4, 0.5) is 0 Å². The van der Waals surface area contributed by atoms with Gasteiger partial charge in [-0.25, -0.2) is 0 Å². The topological polar surface area (TPSA) is 41.8 Å². The molecule has 1 aromatic heterocycles. The van der Waals surface area contributed by atoms with Crippen LogP contribution in [0.5, 0.6) is 0 Å². The smallest absolute Gasteiger partial charge is 0.0651 e. The second-order valence-corrected chi connectivity index (χ2v) is 6.72. The van der Waals surface area contributed by atoms with E-state index in [9.17, 15) is 0 Å². The average molecular weight is 378 g/mol. The summed E-state index contributed by atoms with van der Waals surface area (Å²) in [5, 5.41) is 1.98. The van der Waals surface area contributed by atoms with Crippen LogP contribution in [0.2, 0.25) is 5.02 Å². The number of para-hydroxylation sites is 1. The lowest BCUT2D eigenvalue weighted by Crippen LogP contribution is -1.99. The second-order valence-electron chi connectivity index (χ2n) is 5.39. The Morgan fingerprint density at radius 3 is 2.55 bits per heavy atom. The predicted molar refractivity (Wildman–Crippen MR) is 98.4 cm³/mol. The Kier molecular flexibility index (Phi) is 4.87. The lowest BCUT2D eigenvalue weighted by Gasteiger charge is -2.05. The maximum Gasteiger partial charge on any atom is 0.0651 e. The first-order valence-corrected chi connectivity index (χ1v) is 8.63. The molecule has 3 N–H and O–H groups in total. The van der Waals surface area contributed by atoms with Crippen molar-refractivity contribution in [1.82, 2.24) is 4.98 Å². The van der Waals surface area contributed by atoms with Gasteiger partial charge >= 0.3 is 0 Å². The third-order valence-electron chi connectivity index (χ3n) is 3.90. The number of nitrogens with one attached hydrogen (secondary N) is 1. The van der Waals surface area contributed by atoms with Crippen LogP contribution >= 0.6 is 27.5 Å². The summed E-state index contributed by atoms with van der Waals surface area (Å²) in [6, 6.07) is 14.4. The highest BCUT2D eigenvalue weighted by atomic mass is 79.9. The fraction of sp³-hybridized carbons (Fsp3) is 0.222. The van der Waals surface area contributed by atoms with Crippen LogP contribution in [0.3, 0.4) is 0 Å². The van der Waals surface area contributed by atoms with Crippen LogP contribution in [0.1, 0.15) is 18.4 Å². The minimum absolute atomic E-state index is 0.733. The molecule has 1 heterocycles. The standard InChI is InChI=1S/C18H18BrClN2/c19-13-9-7-12(8-10-13)17-14(4-1-2-11-21)15-5-3-6-16(20)18(15)22-17/h3,5-10,22H,1-2,4,11,21H2. The Labute approximate surface area is 143 Å². The molecule has 0 fully saturated rings. The Morgan fingerprint density at radius 2 is 1.82 bits per heavy atom. The molecule has 0 unspecified atom stereocenters. The number of aromatic nitrogens is 1. The van der Waals surface area contributed by atoms with E-state index in [1.807, 2.05) is 12.1 Å². The van der Waals surface area contributed by atoms with Crippen LogP contribution in [0.15, 0.2) is 46.9 Å². The van der Waals surface area contributed by atoms with Gasteiger partial charge < -0.3 is 10.7 Å². The van der Waals surface area contributed by atoms with Gasteiger partial charge in [0.1, 0.15) is 0 Å². The summed E-state index contributed by atoms with van der Waals surface area (Å²) >= 11 is 9.85. The molecule has 0 bridgehead atoms. The number of nitrogens with two attached hydrogens (primary N) is 1. The van der Waals surface area contributed by atoms with Gasteiger partial charge in [0, 0.05) is 15.6 Å². The van der Waals surface area contributed by atoms with E-state index in [1.165, 1.54) is 16.5 Å². The van der Waals surface area contributed by atoms with E-state index in [1.54, 1.807) is 0 Å². The van der Waals surface area contributed by atoms with Crippen molar-refractivity contribution in [3.63, 3.8) is 0 Å². The summed E-state index contributed by atoms with van der Waals surface area (Å²) in [4.78, 5) is 3.52. The summed E-state index contributed by atoms with van der Waals surface area (Å²) < 4.78 is 1.08. The molecule has 0 aliphatic carbocycles. The molecule has 4 heteroatoms. The van der Waals surface area contributed by atoms with Gasteiger partial charge in [-0.2, -0.15) is 0 Å². The molecule has 0 amide bonds. The minimum atomic E-state index is 0.733. The van der Waals surface area contributed by atoms with Gasteiger partial charge in [-0.05, 0) is 55.1 Å². The molecular formula is C18H18BrClN2. The number of H-pyrrole nitrogens is 1. The Morgan fingerprint density at radius 1 is 1.05 bits per heavy atom. The Balaban J connectivity index is 2.12. The van der Waals surface area contributed by atoms with Gasteiger partial charge in [0.2, 0.25) is 0 Å². The summed E-state index contributed by atoms with van der Waals surface area (Å²) in [6.07, 6.45) is 3.12. The van der Waals surface area contributed by atoms with Gasteiger partial charge in [-0.3, -0.25) is 0 Å². The maximum atomic E-state index is 6.36. The summed E-state index contributed by atoms with van der Waals surface area (Å²) in [5.41, 5.74) is 10.3. The summed E-state index contributed by atoms with van der Waals surface area (Å²) in [7, 11) is 0. The number of halogens is 2. The van der Waals surface area contributed by atoms with E-state index < -0.39 is 0 Å². The van der Waals surface area contributed by atoms with Crippen molar-refractivity contribution in [2.24, 2.45) is 5.73 Å². The first-order valence-electron chi connectivity index (χ1n) is 7.46. The number of aromatic amines is 1. The lowest BCUT2D eigenvalue weighted by molar-refractivity contribution is 0.748. The molecule has 0 radical (unpaired) electrons. The molecule has 3 aromatic rings. The molecule has 0 aliphatic heterocycles. The molecular weight excluding hydrogens is 360 g/mol. The zero-order chi connectivity index (χ0) is 15.5. The van der Waals surface area contributed by atoms with Crippen molar-refractivity contribution in [3.05, 3.63) is 57.5 Å². The third-order valence-corrected chi connectivity index (χ3v) is 4.75. The largest absolute Gasteiger partial charge is 0.353 e. The van der Waals surface area contributed by atoms with Crippen LogP contribution < -0.4 is 5.73 Å². The molecule has 0 spiro atoms. The van der Waals surface area contributed by atoms with Crippen molar-refractivity contribution in [1.29, 1.82) is 0 Å². The Hall–Kier alpha value is -1.29. The van der Waals surface area contributed by atoms with E-state index in [0.717, 1.165) is 46.5 Å². The van der Waals surface area contributed by atoms with E-state index >= 15 is 0 Å². The van der Waals surface area contributed by atoms with Crippen LogP contribution in [-0.4, -0.2) is 11.5 Å². The molecule has 0 saturated carbocycles. The number of hydrogen-bond donors (Lipinski definition) is 2. The molecule has 0 atom stereocenters. The second kappa shape index (κ2) is 6.86. The quantitative estimate of drug-likeness (QED) is 0.564. The van der Waals surface area contributed by atoms with E-state index in [2.05, 4.69) is 51.2 Å². The first kappa shape index (κ1) is 15.6. The lowest BCUT2D eigenvalue weighted by atomic mass is 10.0. The molecule has 3 rings (SSSR count). The minimum Gasteiger partial charge on any atom is -0.353 e. The molecule has 114 valence electrons. The number of unbranched alkanes of at least 4 members (excludes halogenated alkanes) is 1. The highest BCUT2D eigenvalue weighted by Gasteiger charge is 2.14. The molecule has 0 saturated heterocycles. The average Bonchev–Trinajstić information content (AvgIpc) is 2.89. The number of hydrogen-bond acceptors (Lipinski definition) is 1. The van der Waals surface area contributed by atoms with Gasteiger partial charge in [0.05, 0.1) is 10.5 Å². The van der Waals surface area contributed by atoms with Crippen molar-refractivity contribution >= 4 is 38.4 Å². The zero-order valence-electron chi connectivity index (χ0n) is 12.2. The fourth-order valence-corrected chi connectivity index (χ4v) is 3.29. The molecule has 0 aliphatic rings. The summed E-state index contributed by atoms with van der Waals surface area (Å²) in [5.74, 6) is 0. The molecule has 22 heavy (non-hydrogen) atoms. The van der Waals surface area contributed by atoms with Gasteiger partial charge in [0.15, 0.2) is 0 Å². The van der Waals surface area contributed by atoms with Gasteiger partial charge in [-0.15, -0.1) is 0 Å². The third kappa shape index (κ3) is 3.07. The van der Waals surface area contributed by atoms with Gasteiger partial charge in [0.25, 0.3) is 0 Å². The predicted octanol–water partition coefficient (Wildman–Crippen LogP) is 5.53. The SMILES string of the molecule is NCCCCc1c(-c2ccc(Br)cc2)[nH]c2c(Cl)cccc12. The molecule has 2 aromatic carbocycles. The van der Waals surface area contributed by atoms with Crippen LogP contribution in [0, 0.1) is 0 Å². The van der Waals surface area contributed by atoms with E-state index in [-0.39, 0.29) is 0 Å². The maximum absolute atomic E-state index is 6.36. The first-order chi connectivity index (χ1) is 10.7.